The largest absolute Gasteiger partial charge is 0.349 e. The second kappa shape index (κ2) is 8.04. The van der Waals surface area contributed by atoms with Crippen LogP contribution in [0.5, 0.6) is 0 Å². The molecule has 0 saturated carbocycles. The van der Waals surface area contributed by atoms with Crippen LogP contribution in [0.2, 0.25) is 0 Å². The molecule has 0 saturated heterocycles. The van der Waals surface area contributed by atoms with E-state index >= 15 is 0 Å². The van der Waals surface area contributed by atoms with Gasteiger partial charge in [-0.2, -0.15) is 0 Å². The van der Waals surface area contributed by atoms with Gasteiger partial charge in [0.1, 0.15) is 0 Å². The molecule has 0 fully saturated rings. The van der Waals surface area contributed by atoms with E-state index in [2.05, 4.69) is 15.5 Å². The minimum atomic E-state index is -0.218. The van der Waals surface area contributed by atoms with Crippen molar-refractivity contribution in [3.05, 3.63) is 30.2 Å². The van der Waals surface area contributed by atoms with E-state index in [9.17, 15) is 4.79 Å². The highest BCUT2D eigenvalue weighted by Gasteiger charge is 2.17. The fourth-order valence-corrected chi connectivity index (χ4v) is 1.58. The molecular weight excluding hydrogens is 301 g/mol. The summed E-state index contributed by atoms with van der Waals surface area (Å²) in [5.74, 6) is 0.415. The molecule has 20 heavy (non-hydrogen) atoms. The van der Waals surface area contributed by atoms with Gasteiger partial charge in [0.15, 0.2) is 11.5 Å². The van der Waals surface area contributed by atoms with E-state index in [0.717, 1.165) is 5.65 Å². The molecule has 0 aliphatic carbocycles. The van der Waals surface area contributed by atoms with Crippen LogP contribution in [0, 0.1) is 5.92 Å². The molecule has 0 radical (unpaired) electrons. The molecule has 3 N–H and O–H groups in total. The molecule has 2 unspecified atom stereocenters. The Bertz CT molecular complexity index is 558. The zero-order valence-corrected chi connectivity index (χ0v) is 12.9. The lowest BCUT2D eigenvalue weighted by Gasteiger charge is -2.14. The van der Waals surface area contributed by atoms with Crippen LogP contribution in [0.4, 0.5) is 0 Å². The molecule has 0 aliphatic rings. The summed E-state index contributed by atoms with van der Waals surface area (Å²) in [6.07, 6.45) is 1.87. The molecule has 2 aromatic rings. The summed E-state index contributed by atoms with van der Waals surface area (Å²) in [6.45, 7) is 3.97. The SMILES string of the molecule is CC(N)C(C)C(=O)NCc1nnc2ccccn12.Cl.Cl. The maximum absolute atomic E-state index is 11.8. The van der Waals surface area contributed by atoms with E-state index < -0.39 is 0 Å². The summed E-state index contributed by atoms with van der Waals surface area (Å²) in [7, 11) is 0. The van der Waals surface area contributed by atoms with Crippen LogP contribution in [-0.2, 0) is 11.3 Å². The van der Waals surface area contributed by atoms with Crippen LogP contribution >= 0.6 is 24.8 Å². The molecular formula is C12H19Cl2N5O. The van der Waals surface area contributed by atoms with Crippen LogP contribution in [0.15, 0.2) is 24.4 Å². The third kappa shape index (κ3) is 4.06. The summed E-state index contributed by atoms with van der Waals surface area (Å²) in [5.41, 5.74) is 6.45. The highest BCUT2D eigenvalue weighted by Crippen LogP contribution is 2.04. The maximum Gasteiger partial charge on any atom is 0.224 e. The van der Waals surface area contributed by atoms with Crippen LogP contribution in [0.25, 0.3) is 5.65 Å². The first kappa shape index (κ1) is 18.6. The molecule has 2 atom stereocenters. The number of pyridine rings is 1. The third-order valence-corrected chi connectivity index (χ3v) is 3.01. The number of hydrogen-bond acceptors (Lipinski definition) is 4. The average molecular weight is 320 g/mol. The average Bonchev–Trinajstić information content (AvgIpc) is 2.78. The first-order valence-corrected chi connectivity index (χ1v) is 5.91. The number of fused-ring (bicyclic) bond motifs is 1. The number of aromatic nitrogens is 3. The van der Waals surface area contributed by atoms with Crippen molar-refractivity contribution in [3.63, 3.8) is 0 Å². The van der Waals surface area contributed by atoms with Crippen LogP contribution in [0.3, 0.4) is 0 Å². The van der Waals surface area contributed by atoms with Gasteiger partial charge in [0.2, 0.25) is 5.91 Å². The Balaban J connectivity index is 0.00000180. The van der Waals surface area contributed by atoms with E-state index in [1.54, 1.807) is 0 Å². The number of hydrogen-bond donors (Lipinski definition) is 2. The molecule has 0 bridgehead atoms. The van der Waals surface area contributed by atoms with E-state index in [-0.39, 0.29) is 42.7 Å². The number of nitrogens with zero attached hydrogens (tertiary/aromatic N) is 3. The minimum absolute atomic E-state index is 0. The van der Waals surface area contributed by atoms with Crippen LogP contribution < -0.4 is 11.1 Å². The smallest absolute Gasteiger partial charge is 0.224 e. The number of carbonyl (C=O) groups is 1. The number of nitrogens with two attached hydrogens (primary N) is 1. The Hall–Kier alpha value is -1.37. The molecule has 0 aromatic carbocycles. The van der Waals surface area contributed by atoms with Gasteiger partial charge in [0.05, 0.1) is 6.54 Å². The second-order valence-corrected chi connectivity index (χ2v) is 4.41. The van der Waals surface area contributed by atoms with Crippen molar-refractivity contribution < 1.29 is 4.79 Å². The molecule has 2 rings (SSSR count). The molecule has 112 valence electrons. The summed E-state index contributed by atoms with van der Waals surface area (Å²) in [5, 5.41) is 10.9. The Morgan fingerprint density at radius 3 is 2.70 bits per heavy atom. The number of halogens is 2. The molecule has 0 aliphatic heterocycles. The van der Waals surface area contributed by atoms with Gasteiger partial charge in [-0.15, -0.1) is 35.0 Å². The van der Waals surface area contributed by atoms with Crippen molar-refractivity contribution in [2.24, 2.45) is 11.7 Å². The maximum atomic E-state index is 11.8. The van der Waals surface area contributed by atoms with Crippen molar-refractivity contribution in [2.45, 2.75) is 26.4 Å². The van der Waals surface area contributed by atoms with Crippen LogP contribution in [0.1, 0.15) is 19.7 Å². The summed E-state index contributed by atoms with van der Waals surface area (Å²) in [6, 6.07) is 5.49. The van der Waals surface area contributed by atoms with Crippen molar-refractivity contribution >= 4 is 36.4 Å². The van der Waals surface area contributed by atoms with E-state index in [1.165, 1.54) is 0 Å². The Labute approximate surface area is 130 Å². The molecule has 6 nitrogen and oxygen atoms in total. The highest BCUT2D eigenvalue weighted by molar-refractivity contribution is 5.85. The quantitative estimate of drug-likeness (QED) is 0.886. The zero-order chi connectivity index (χ0) is 13.1. The van der Waals surface area contributed by atoms with E-state index in [1.807, 2.05) is 42.6 Å². The molecule has 2 heterocycles. The van der Waals surface area contributed by atoms with Gasteiger partial charge in [0.25, 0.3) is 0 Å². The molecule has 8 heteroatoms. The Morgan fingerprint density at radius 2 is 2.05 bits per heavy atom. The lowest BCUT2D eigenvalue weighted by atomic mass is 10.0. The fourth-order valence-electron chi connectivity index (χ4n) is 1.58. The standard InChI is InChI=1S/C12H17N5O.2ClH/c1-8(9(2)13)12(18)14-7-11-16-15-10-5-3-4-6-17(10)11;;/h3-6,8-9H,7,13H2,1-2H3,(H,14,18);2*1H. The van der Waals surface area contributed by atoms with Crippen molar-refractivity contribution in [1.29, 1.82) is 0 Å². The summed E-state index contributed by atoms with van der Waals surface area (Å²) < 4.78 is 1.84. The number of amides is 1. The lowest BCUT2D eigenvalue weighted by Crippen LogP contribution is -2.38. The first-order valence-electron chi connectivity index (χ1n) is 5.91. The first-order chi connectivity index (χ1) is 8.59. The lowest BCUT2D eigenvalue weighted by molar-refractivity contribution is -0.125. The van der Waals surface area contributed by atoms with E-state index in [4.69, 9.17) is 5.73 Å². The molecule has 2 aromatic heterocycles. The predicted molar refractivity (Wildman–Crippen MR) is 82.1 cm³/mol. The van der Waals surface area contributed by atoms with Gasteiger partial charge in [-0.3, -0.25) is 9.20 Å². The minimum Gasteiger partial charge on any atom is -0.349 e. The normalized spacial score (nSPS) is 12.9. The van der Waals surface area contributed by atoms with Gasteiger partial charge >= 0.3 is 0 Å². The molecule has 1 amide bonds. The Morgan fingerprint density at radius 1 is 1.35 bits per heavy atom. The van der Waals surface area contributed by atoms with Gasteiger partial charge in [-0.25, -0.2) is 0 Å². The fraction of sp³-hybridized carbons (Fsp3) is 0.417. The monoisotopic (exact) mass is 319 g/mol. The van der Waals surface area contributed by atoms with E-state index in [0.29, 0.717) is 12.4 Å². The number of carbonyl (C=O) groups excluding carboxylic acids is 1. The van der Waals surface area contributed by atoms with Crippen LogP contribution in [-0.4, -0.2) is 26.5 Å². The van der Waals surface area contributed by atoms with Gasteiger partial charge < -0.3 is 11.1 Å². The van der Waals surface area contributed by atoms with Crippen molar-refractivity contribution in [1.82, 2.24) is 19.9 Å². The van der Waals surface area contributed by atoms with Crippen molar-refractivity contribution in [2.75, 3.05) is 0 Å². The topological polar surface area (TPSA) is 85.3 Å². The van der Waals surface area contributed by atoms with Crippen molar-refractivity contribution in [3.8, 4) is 0 Å². The van der Waals surface area contributed by atoms with Gasteiger partial charge in [-0.1, -0.05) is 13.0 Å². The number of nitrogens with one attached hydrogen (secondary N) is 1. The summed E-state index contributed by atoms with van der Waals surface area (Å²) >= 11 is 0. The predicted octanol–water partition coefficient (Wildman–Crippen LogP) is 1.17. The third-order valence-electron chi connectivity index (χ3n) is 3.01. The van der Waals surface area contributed by atoms with Gasteiger partial charge in [0, 0.05) is 18.2 Å². The highest BCUT2D eigenvalue weighted by atomic mass is 35.5. The Kier molecular flexibility index (Phi) is 7.49. The second-order valence-electron chi connectivity index (χ2n) is 4.41. The number of rotatable bonds is 4. The van der Waals surface area contributed by atoms with Gasteiger partial charge in [-0.05, 0) is 19.1 Å². The zero-order valence-electron chi connectivity index (χ0n) is 11.3. The summed E-state index contributed by atoms with van der Waals surface area (Å²) in [4.78, 5) is 11.8. The molecule has 0 spiro atoms.